The number of carbonyl (C=O) groups is 1. The molecule has 86 valence electrons. The van der Waals surface area contributed by atoms with Crippen molar-refractivity contribution in [2.45, 2.75) is 31.7 Å². The van der Waals surface area contributed by atoms with Gasteiger partial charge in [0.1, 0.15) is 6.09 Å². The zero-order valence-corrected chi connectivity index (χ0v) is 7.67. The average Bonchev–Trinajstić information content (AvgIpc) is 1.99. The quantitative estimate of drug-likeness (QED) is 0.631. The van der Waals surface area contributed by atoms with Crippen LogP contribution in [0.3, 0.4) is 0 Å². The smallest absolute Gasteiger partial charge is 0.425 e. The predicted molar refractivity (Wildman–Crippen MR) is 41.0 cm³/mol. The summed E-state index contributed by atoms with van der Waals surface area (Å²) in [5.74, 6) is 0. The molecule has 0 saturated carbocycles. The maximum Gasteiger partial charge on any atom is 0.425 e. The molecule has 1 aliphatic heterocycles. The van der Waals surface area contributed by atoms with Gasteiger partial charge < -0.3 is 14.6 Å². The molecule has 0 aromatic heterocycles. The molecule has 5 nitrogen and oxygen atoms in total. The Bertz CT molecular complexity index is 290. The Kier molecular flexibility index (Phi) is 3.06. The Morgan fingerprint density at radius 3 is 2.73 bits per heavy atom. The molecule has 0 bridgehead atoms. The number of carbonyl (C=O) groups excluding carboxylic acids is 1. The van der Waals surface area contributed by atoms with E-state index >= 15 is 0 Å². The number of hydrogen-bond acceptors (Lipinski definition) is 4. The van der Waals surface area contributed by atoms with Crippen molar-refractivity contribution in [3.05, 3.63) is 0 Å². The fraction of sp³-hybridized carbons (Fsp3) is 0.714. The highest BCUT2D eigenvalue weighted by atomic mass is 19.4. The summed E-state index contributed by atoms with van der Waals surface area (Å²) in [6.45, 7) is 1.43. The van der Waals surface area contributed by atoms with Crippen LogP contribution in [0.1, 0.15) is 13.3 Å². The molecule has 1 N–H and O–H groups in total. The second kappa shape index (κ2) is 3.95. The molecule has 15 heavy (non-hydrogen) atoms. The maximum absolute atomic E-state index is 12.3. The number of amides is 1. The molecule has 8 heteroatoms. The summed E-state index contributed by atoms with van der Waals surface area (Å²) < 4.78 is 41.1. The molecule has 2 atom stereocenters. The number of alkyl halides is 3. The van der Waals surface area contributed by atoms with Gasteiger partial charge in [-0.1, -0.05) is 0 Å². The summed E-state index contributed by atoms with van der Waals surface area (Å²) in [4.78, 5) is 13.6. The van der Waals surface area contributed by atoms with E-state index in [9.17, 15) is 23.1 Å². The fourth-order valence-electron chi connectivity index (χ4n) is 1.13. The van der Waals surface area contributed by atoms with Crippen molar-refractivity contribution in [2.24, 2.45) is 4.99 Å². The van der Waals surface area contributed by atoms with Gasteiger partial charge in [-0.2, -0.15) is 13.2 Å². The normalized spacial score (nSPS) is 26.5. The summed E-state index contributed by atoms with van der Waals surface area (Å²) in [5.41, 5.74) is 0. The van der Waals surface area contributed by atoms with Crippen molar-refractivity contribution < 1.29 is 27.8 Å². The van der Waals surface area contributed by atoms with Gasteiger partial charge in [0.25, 0.3) is 6.02 Å². The van der Waals surface area contributed by atoms with Gasteiger partial charge in [0.05, 0.1) is 6.04 Å². The second-order valence-corrected chi connectivity index (χ2v) is 3.08. The molecular weight excluding hydrogens is 217 g/mol. The minimum atomic E-state index is -4.54. The second-order valence-electron chi connectivity index (χ2n) is 3.08. The van der Waals surface area contributed by atoms with Gasteiger partial charge in [-0.3, -0.25) is 5.32 Å². The number of hydrogen-bond donors (Lipinski definition) is 1. The van der Waals surface area contributed by atoms with Gasteiger partial charge in [0.15, 0.2) is 6.10 Å². The van der Waals surface area contributed by atoms with Crippen LogP contribution >= 0.6 is 0 Å². The molecule has 0 saturated heterocycles. The Balaban J connectivity index is 2.72. The molecule has 1 heterocycles. The maximum atomic E-state index is 12.3. The van der Waals surface area contributed by atoms with Crippen LogP contribution in [0.4, 0.5) is 18.0 Å². The Morgan fingerprint density at radius 2 is 2.27 bits per heavy atom. The molecule has 0 aliphatic carbocycles. The van der Waals surface area contributed by atoms with Gasteiger partial charge in [0.2, 0.25) is 0 Å². The lowest BCUT2D eigenvalue weighted by Gasteiger charge is -2.28. The first kappa shape index (κ1) is 11.6. The zero-order chi connectivity index (χ0) is 11.6. The molecule has 1 amide bonds. The van der Waals surface area contributed by atoms with E-state index in [4.69, 9.17) is 0 Å². The van der Waals surface area contributed by atoms with Crippen LogP contribution in [0.2, 0.25) is 0 Å². The van der Waals surface area contributed by atoms with Crippen LogP contribution in [0.15, 0.2) is 4.99 Å². The number of aliphatic imine (C=N–C) groups is 1. The third-order valence-corrected chi connectivity index (χ3v) is 1.72. The molecule has 0 spiro atoms. The Morgan fingerprint density at radius 1 is 1.67 bits per heavy atom. The van der Waals surface area contributed by atoms with Gasteiger partial charge in [0, 0.05) is 6.42 Å². The molecule has 0 radical (unpaired) electrons. The lowest BCUT2D eigenvalue weighted by molar-refractivity contribution is -0.250. The van der Waals surface area contributed by atoms with Crippen molar-refractivity contribution in [3.63, 3.8) is 0 Å². The van der Waals surface area contributed by atoms with Gasteiger partial charge in [-0.05, 0) is 6.92 Å². The summed E-state index contributed by atoms with van der Waals surface area (Å²) in [5, 5.41) is 11.6. The van der Waals surface area contributed by atoms with Gasteiger partial charge >= 0.3 is 6.18 Å². The van der Waals surface area contributed by atoms with Crippen LogP contribution in [-0.4, -0.2) is 30.4 Å². The van der Waals surface area contributed by atoms with Crippen LogP contribution < -0.4 is 10.4 Å². The number of rotatable bonds is 0. The van der Waals surface area contributed by atoms with E-state index in [0.717, 1.165) is 0 Å². The van der Waals surface area contributed by atoms with Crippen molar-refractivity contribution in [1.29, 1.82) is 0 Å². The molecule has 2 unspecified atom stereocenters. The minimum absolute atomic E-state index is 0.332. The van der Waals surface area contributed by atoms with Crippen molar-refractivity contribution in [1.82, 2.24) is 5.32 Å². The van der Waals surface area contributed by atoms with E-state index in [1.807, 2.05) is 0 Å². The number of nitrogens with zero attached hydrogens (tertiary/aromatic N) is 1. The van der Waals surface area contributed by atoms with Crippen molar-refractivity contribution >= 4 is 12.1 Å². The van der Waals surface area contributed by atoms with E-state index < -0.39 is 30.4 Å². The average molecular weight is 225 g/mol. The van der Waals surface area contributed by atoms with Crippen LogP contribution in [0, 0.1) is 0 Å². The monoisotopic (exact) mass is 225 g/mol. The molecule has 0 aromatic carbocycles. The Labute approximate surface area is 82.9 Å². The van der Waals surface area contributed by atoms with Crippen LogP contribution in [0.25, 0.3) is 0 Å². The van der Waals surface area contributed by atoms with Crippen LogP contribution in [0.5, 0.6) is 0 Å². The molecular formula is C7H8F3N2O3-. The number of ether oxygens (including phenoxy) is 1. The summed E-state index contributed by atoms with van der Waals surface area (Å²) in [6.07, 6.45) is -8.67. The van der Waals surface area contributed by atoms with E-state index in [-0.39, 0.29) is 6.42 Å². The molecule has 1 aliphatic rings. The first-order chi connectivity index (χ1) is 6.79. The number of amidine groups is 1. The third-order valence-electron chi connectivity index (χ3n) is 1.72. The standard InChI is InChI=1S/C7H9F3N2O3/c1-3-2-4(7(8,9)10)15-5(11-3)12-6(13)14/h3-4H,2H2,1H3,(H,11,12)(H,13,14)/p-1. The highest BCUT2D eigenvalue weighted by Gasteiger charge is 2.44. The summed E-state index contributed by atoms with van der Waals surface area (Å²) >= 11 is 0. The van der Waals surface area contributed by atoms with Gasteiger partial charge in [-0.25, -0.2) is 4.99 Å². The van der Waals surface area contributed by atoms with E-state index in [0.29, 0.717) is 0 Å². The van der Waals surface area contributed by atoms with E-state index in [1.165, 1.54) is 6.92 Å². The SMILES string of the molecule is CC1CC(C(F)(F)F)OC(NC(=O)[O-])=N1. The van der Waals surface area contributed by atoms with Crippen molar-refractivity contribution in [2.75, 3.05) is 0 Å². The first-order valence-electron chi connectivity index (χ1n) is 4.08. The van der Waals surface area contributed by atoms with Crippen LogP contribution in [-0.2, 0) is 4.74 Å². The largest absolute Gasteiger partial charge is 0.530 e. The highest BCUT2D eigenvalue weighted by molar-refractivity contribution is 5.89. The zero-order valence-electron chi connectivity index (χ0n) is 7.67. The third kappa shape index (κ3) is 3.30. The first-order valence-corrected chi connectivity index (χ1v) is 4.08. The topological polar surface area (TPSA) is 73.8 Å². The van der Waals surface area contributed by atoms with E-state index in [2.05, 4.69) is 9.73 Å². The van der Waals surface area contributed by atoms with E-state index in [1.54, 1.807) is 5.32 Å². The van der Waals surface area contributed by atoms with Crippen molar-refractivity contribution in [3.8, 4) is 0 Å². The number of halogens is 3. The molecule has 0 aromatic rings. The summed E-state index contributed by atoms with van der Waals surface area (Å²) in [7, 11) is 0. The highest BCUT2D eigenvalue weighted by Crippen LogP contribution is 2.29. The number of carboxylic acid groups (broad SMARTS) is 1. The fourth-order valence-corrected chi connectivity index (χ4v) is 1.13. The lowest BCUT2D eigenvalue weighted by Crippen LogP contribution is -2.48. The lowest BCUT2D eigenvalue weighted by atomic mass is 10.1. The van der Waals surface area contributed by atoms with Gasteiger partial charge in [-0.15, -0.1) is 0 Å². The molecule has 0 fully saturated rings. The minimum Gasteiger partial charge on any atom is -0.530 e. The Hall–Kier alpha value is -1.47. The summed E-state index contributed by atoms with van der Waals surface area (Å²) in [6, 6.07) is -1.33. The number of nitrogens with one attached hydrogen (secondary N) is 1. The predicted octanol–water partition coefficient (Wildman–Crippen LogP) is 0.0150. The molecule has 1 rings (SSSR count).